The Morgan fingerprint density at radius 3 is 2.72 bits per heavy atom. The standard InChI is InChI=1S/C19H21NO3S2/c21-8-5-15-2-4-19(24-15)14-1-3-18-16(11-14)17(12-20-18)13-6-9-25(22,23)10-7-13/h1-4,11-13,20-21H,5-10H2. The molecule has 0 spiro atoms. The van der Waals surface area contributed by atoms with Crippen LogP contribution >= 0.6 is 11.3 Å². The van der Waals surface area contributed by atoms with Gasteiger partial charge in [0.15, 0.2) is 0 Å². The van der Waals surface area contributed by atoms with E-state index in [9.17, 15) is 8.42 Å². The molecule has 1 aromatic carbocycles. The van der Waals surface area contributed by atoms with Gasteiger partial charge in [-0.1, -0.05) is 6.07 Å². The molecule has 6 heteroatoms. The van der Waals surface area contributed by atoms with Crippen LogP contribution in [0.1, 0.15) is 29.2 Å². The van der Waals surface area contributed by atoms with Gasteiger partial charge in [0.2, 0.25) is 0 Å². The molecule has 0 unspecified atom stereocenters. The molecule has 0 atom stereocenters. The fourth-order valence-electron chi connectivity index (χ4n) is 3.61. The zero-order valence-electron chi connectivity index (χ0n) is 13.9. The van der Waals surface area contributed by atoms with Crippen molar-refractivity contribution in [2.75, 3.05) is 18.1 Å². The van der Waals surface area contributed by atoms with Gasteiger partial charge in [-0.25, -0.2) is 8.42 Å². The zero-order chi connectivity index (χ0) is 17.4. The van der Waals surface area contributed by atoms with Gasteiger partial charge in [0, 0.05) is 39.9 Å². The summed E-state index contributed by atoms with van der Waals surface area (Å²) in [5.41, 5.74) is 3.50. The fourth-order valence-corrected chi connectivity index (χ4v) is 6.10. The molecular formula is C19H21NO3S2. The van der Waals surface area contributed by atoms with Crippen LogP contribution in [0, 0.1) is 0 Å². The lowest BCUT2D eigenvalue weighted by Crippen LogP contribution is -2.21. The lowest BCUT2D eigenvalue weighted by atomic mass is 9.92. The van der Waals surface area contributed by atoms with Crippen molar-refractivity contribution in [3.63, 3.8) is 0 Å². The molecular weight excluding hydrogens is 354 g/mol. The largest absolute Gasteiger partial charge is 0.396 e. The topological polar surface area (TPSA) is 70.2 Å². The van der Waals surface area contributed by atoms with Gasteiger partial charge in [0.05, 0.1) is 11.5 Å². The first-order valence-electron chi connectivity index (χ1n) is 8.57. The van der Waals surface area contributed by atoms with E-state index in [0.717, 1.165) is 5.52 Å². The second kappa shape index (κ2) is 6.59. The molecule has 4 rings (SSSR count). The third kappa shape index (κ3) is 3.38. The summed E-state index contributed by atoms with van der Waals surface area (Å²) in [6, 6.07) is 10.6. The van der Waals surface area contributed by atoms with E-state index in [1.54, 1.807) is 11.3 Å². The van der Waals surface area contributed by atoms with Crippen LogP contribution in [0.3, 0.4) is 0 Å². The number of aromatic amines is 1. The molecule has 132 valence electrons. The molecule has 1 saturated heterocycles. The van der Waals surface area contributed by atoms with E-state index in [2.05, 4.69) is 35.3 Å². The number of thiophene rings is 1. The summed E-state index contributed by atoms with van der Waals surface area (Å²) >= 11 is 1.71. The van der Waals surface area contributed by atoms with Crippen molar-refractivity contribution in [2.24, 2.45) is 0 Å². The lowest BCUT2D eigenvalue weighted by molar-refractivity contribution is 0.300. The van der Waals surface area contributed by atoms with Crippen LogP contribution in [0.4, 0.5) is 0 Å². The third-order valence-electron chi connectivity index (χ3n) is 5.01. The lowest BCUT2D eigenvalue weighted by Gasteiger charge is -2.21. The Morgan fingerprint density at radius 1 is 1.16 bits per heavy atom. The highest BCUT2D eigenvalue weighted by atomic mass is 32.2. The highest BCUT2D eigenvalue weighted by Crippen LogP contribution is 2.37. The number of aromatic nitrogens is 1. The predicted molar refractivity (Wildman–Crippen MR) is 103 cm³/mol. The third-order valence-corrected chi connectivity index (χ3v) is 7.92. The Kier molecular flexibility index (Phi) is 4.43. The first-order chi connectivity index (χ1) is 12.1. The second-order valence-electron chi connectivity index (χ2n) is 6.67. The highest BCUT2D eigenvalue weighted by molar-refractivity contribution is 7.91. The maximum atomic E-state index is 11.7. The molecule has 0 saturated carbocycles. The molecule has 0 amide bonds. The summed E-state index contributed by atoms with van der Waals surface area (Å²) in [5, 5.41) is 10.3. The molecule has 3 aromatic rings. The molecule has 1 aliphatic rings. The van der Waals surface area contributed by atoms with E-state index in [1.807, 2.05) is 6.20 Å². The van der Waals surface area contributed by atoms with Crippen molar-refractivity contribution in [1.29, 1.82) is 0 Å². The number of fused-ring (bicyclic) bond motifs is 1. The summed E-state index contributed by atoms with van der Waals surface area (Å²) in [6.07, 6.45) is 4.15. The van der Waals surface area contributed by atoms with Gasteiger partial charge in [-0.05, 0) is 54.2 Å². The number of benzene rings is 1. The van der Waals surface area contributed by atoms with Crippen LogP contribution in [-0.2, 0) is 16.3 Å². The van der Waals surface area contributed by atoms with Gasteiger partial charge in [-0.2, -0.15) is 0 Å². The molecule has 4 nitrogen and oxygen atoms in total. The Balaban J connectivity index is 1.68. The number of rotatable bonds is 4. The van der Waals surface area contributed by atoms with Crippen molar-refractivity contribution in [3.05, 3.63) is 47.0 Å². The Hall–Kier alpha value is -1.63. The van der Waals surface area contributed by atoms with Crippen molar-refractivity contribution in [2.45, 2.75) is 25.2 Å². The number of nitrogens with one attached hydrogen (secondary N) is 1. The van der Waals surface area contributed by atoms with E-state index in [-0.39, 0.29) is 6.61 Å². The van der Waals surface area contributed by atoms with Gasteiger partial charge >= 0.3 is 0 Å². The SMILES string of the molecule is O=S1(=O)CCC(c2c[nH]c3ccc(-c4ccc(CCO)s4)cc23)CC1. The van der Waals surface area contributed by atoms with Gasteiger partial charge in [0.1, 0.15) is 9.84 Å². The minimum absolute atomic E-state index is 0.172. The monoisotopic (exact) mass is 375 g/mol. The maximum Gasteiger partial charge on any atom is 0.150 e. The number of hydrogen-bond donors (Lipinski definition) is 2. The molecule has 25 heavy (non-hydrogen) atoms. The van der Waals surface area contributed by atoms with Crippen molar-refractivity contribution >= 4 is 32.1 Å². The average molecular weight is 376 g/mol. The first kappa shape index (κ1) is 16.8. The second-order valence-corrected chi connectivity index (χ2v) is 10.1. The minimum Gasteiger partial charge on any atom is -0.396 e. The average Bonchev–Trinajstić information content (AvgIpc) is 3.22. The van der Waals surface area contributed by atoms with Crippen molar-refractivity contribution < 1.29 is 13.5 Å². The van der Waals surface area contributed by atoms with Gasteiger partial charge in [-0.3, -0.25) is 0 Å². The molecule has 0 aliphatic carbocycles. The highest BCUT2D eigenvalue weighted by Gasteiger charge is 2.26. The minimum atomic E-state index is -2.84. The number of sulfone groups is 1. The molecule has 0 bridgehead atoms. The van der Waals surface area contributed by atoms with E-state index in [0.29, 0.717) is 36.7 Å². The van der Waals surface area contributed by atoms with E-state index in [1.165, 1.54) is 26.3 Å². The fraction of sp³-hybridized carbons (Fsp3) is 0.368. The van der Waals surface area contributed by atoms with Crippen LogP contribution in [0.25, 0.3) is 21.3 Å². The van der Waals surface area contributed by atoms with Crippen molar-refractivity contribution in [1.82, 2.24) is 4.98 Å². The Bertz CT molecular complexity index is 987. The molecule has 0 radical (unpaired) electrons. The summed E-state index contributed by atoms with van der Waals surface area (Å²) in [7, 11) is -2.84. The number of aliphatic hydroxyl groups excluding tert-OH is 1. The van der Waals surface area contributed by atoms with Gasteiger partial charge in [-0.15, -0.1) is 11.3 Å². The van der Waals surface area contributed by atoms with E-state index in [4.69, 9.17) is 5.11 Å². The number of H-pyrrole nitrogens is 1. The quantitative estimate of drug-likeness (QED) is 0.730. The number of hydrogen-bond acceptors (Lipinski definition) is 4. The van der Waals surface area contributed by atoms with Crippen LogP contribution in [-0.4, -0.2) is 36.6 Å². The molecule has 1 aliphatic heterocycles. The molecule has 3 heterocycles. The summed E-state index contributed by atoms with van der Waals surface area (Å²) in [4.78, 5) is 5.71. The predicted octanol–water partition coefficient (Wildman–Crippen LogP) is 3.72. The van der Waals surface area contributed by atoms with Crippen LogP contribution in [0.15, 0.2) is 36.5 Å². The summed E-state index contributed by atoms with van der Waals surface area (Å²) in [5.74, 6) is 0.889. The maximum absolute atomic E-state index is 11.7. The van der Waals surface area contributed by atoms with Gasteiger partial charge in [0.25, 0.3) is 0 Å². The van der Waals surface area contributed by atoms with Crippen molar-refractivity contribution in [3.8, 4) is 10.4 Å². The normalized spacial score (nSPS) is 18.0. The van der Waals surface area contributed by atoms with E-state index >= 15 is 0 Å². The summed E-state index contributed by atoms with van der Waals surface area (Å²) < 4.78 is 23.4. The van der Waals surface area contributed by atoms with Crippen LogP contribution < -0.4 is 0 Å². The van der Waals surface area contributed by atoms with E-state index < -0.39 is 9.84 Å². The van der Waals surface area contributed by atoms with Gasteiger partial charge < -0.3 is 10.1 Å². The Morgan fingerprint density at radius 2 is 1.96 bits per heavy atom. The van der Waals surface area contributed by atoms with Crippen LogP contribution in [0.2, 0.25) is 0 Å². The summed E-state index contributed by atoms with van der Waals surface area (Å²) in [6.45, 7) is 0.172. The molecule has 1 fully saturated rings. The molecule has 2 aromatic heterocycles. The zero-order valence-corrected chi connectivity index (χ0v) is 15.5. The first-order valence-corrected chi connectivity index (χ1v) is 11.2. The smallest absolute Gasteiger partial charge is 0.150 e. The Labute approximate surface area is 151 Å². The molecule has 2 N–H and O–H groups in total. The van der Waals surface area contributed by atoms with Crippen LogP contribution in [0.5, 0.6) is 0 Å². The number of aliphatic hydroxyl groups is 1.